The van der Waals surface area contributed by atoms with Crippen molar-refractivity contribution in [2.45, 2.75) is 19.9 Å². The van der Waals surface area contributed by atoms with Crippen LogP contribution < -0.4 is 16.8 Å². The van der Waals surface area contributed by atoms with Crippen molar-refractivity contribution in [2.75, 3.05) is 0 Å². The van der Waals surface area contributed by atoms with Crippen LogP contribution in [0.3, 0.4) is 0 Å². The quantitative estimate of drug-likeness (QED) is 0.508. The number of nitrogens with zero attached hydrogens (tertiary/aromatic N) is 5. The molecule has 0 saturated heterocycles. The molecule has 0 unspecified atom stereocenters. The van der Waals surface area contributed by atoms with E-state index in [2.05, 4.69) is 5.10 Å². The van der Waals surface area contributed by atoms with Gasteiger partial charge in [-0.3, -0.25) is 14.6 Å². The maximum absolute atomic E-state index is 12.3. The van der Waals surface area contributed by atoms with Crippen molar-refractivity contribution in [1.82, 2.24) is 23.9 Å². The number of aromatic amines is 1. The van der Waals surface area contributed by atoms with Crippen LogP contribution in [0.15, 0.2) is 50.9 Å². The fraction of sp³-hybridized carbons (Fsp3) is 0.150. The van der Waals surface area contributed by atoms with Crippen molar-refractivity contribution in [2.24, 2.45) is 0 Å². The van der Waals surface area contributed by atoms with Gasteiger partial charge in [0, 0.05) is 18.3 Å². The van der Waals surface area contributed by atoms with E-state index in [0.717, 1.165) is 15.7 Å². The Morgan fingerprint density at radius 3 is 2.35 bits per heavy atom. The van der Waals surface area contributed by atoms with E-state index in [1.165, 1.54) is 18.2 Å². The molecule has 4 rings (SSSR count). The van der Waals surface area contributed by atoms with Gasteiger partial charge < -0.3 is 9.13 Å². The molecule has 4 aromatic rings. The Morgan fingerprint density at radius 1 is 1.06 bits per heavy atom. The fourth-order valence-corrected chi connectivity index (χ4v) is 4.09. The molecule has 0 bridgehead atoms. The summed E-state index contributed by atoms with van der Waals surface area (Å²) in [6.45, 7) is 3.83. The van der Waals surface area contributed by atoms with Crippen LogP contribution in [0.25, 0.3) is 22.4 Å². The number of nitriles is 1. The van der Waals surface area contributed by atoms with Crippen LogP contribution in [-0.2, 0) is 0 Å². The Labute approximate surface area is 184 Å². The van der Waals surface area contributed by atoms with Crippen molar-refractivity contribution in [1.29, 1.82) is 5.26 Å². The second kappa shape index (κ2) is 7.58. The molecule has 9 nitrogen and oxygen atoms in total. The van der Waals surface area contributed by atoms with Crippen molar-refractivity contribution in [3.63, 3.8) is 0 Å². The summed E-state index contributed by atoms with van der Waals surface area (Å²) in [4.78, 5) is 38.1. The molecule has 0 saturated carbocycles. The van der Waals surface area contributed by atoms with Gasteiger partial charge in [0.2, 0.25) is 5.69 Å². The zero-order valence-electron chi connectivity index (χ0n) is 16.3. The number of fused-ring (bicyclic) bond motifs is 1. The number of pyridine rings is 1. The van der Waals surface area contributed by atoms with Crippen LogP contribution in [0.1, 0.15) is 25.6 Å². The molecule has 0 radical (unpaired) electrons. The molecule has 0 aliphatic heterocycles. The van der Waals surface area contributed by atoms with Crippen molar-refractivity contribution in [3.8, 4) is 17.4 Å². The van der Waals surface area contributed by atoms with E-state index in [1.54, 1.807) is 33.5 Å². The second-order valence-electron chi connectivity index (χ2n) is 6.98. The Hall–Kier alpha value is -3.61. The molecule has 1 N–H and O–H groups in total. The Balaban J connectivity index is 1.94. The lowest BCUT2D eigenvalue weighted by molar-refractivity contribution is 0.600. The van der Waals surface area contributed by atoms with Crippen LogP contribution >= 0.6 is 23.2 Å². The Morgan fingerprint density at radius 2 is 1.74 bits per heavy atom. The van der Waals surface area contributed by atoms with Gasteiger partial charge in [0.05, 0.1) is 32.5 Å². The molecule has 0 aliphatic carbocycles. The van der Waals surface area contributed by atoms with Crippen molar-refractivity contribution >= 4 is 34.2 Å². The number of rotatable bonds is 3. The molecule has 11 heteroatoms. The molecule has 0 spiro atoms. The summed E-state index contributed by atoms with van der Waals surface area (Å²) in [5, 5.41) is 13.2. The van der Waals surface area contributed by atoms with E-state index in [1.807, 2.05) is 18.8 Å². The van der Waals surface area contributed by atoms with Gasteiger partial charge in [-0.2, -0.15) is 9.94 Å². The lowest BCUT2D eigenvalue weighted by atomic mass is 10.2. The van der Waals surface area contributed by atoms with Crippen LogP contribution in [-0.4, -0.2) is 23.9 Å². The third-order valence-corrected chi connectivity index (χ3v) is 5.30. The Bertz CT molecular complexity index is 1550. The molecule has 0 amide bonds. The minimum atomic E-state index is -0.882. The molecular weight excluding hydrogens is 443 g/mol. The normalized spacial score (nSPS) is 11.2. The van der Waals surface area contributed by atoms with Crippen LogP contribution in [0, 0.1) is 11.3 Å². The zero-order valence-corrected chi connectivity index (χ0v) is 17.8. The predicted molar refractivity (Wildman–Crippen MR) is 117 cm³/mol. The zero-order chi connectivity index (χ0) is 22.4. The van der Waals surface area contributed by atoms with Crippen LogP contribution in [0.2, 0.25) is 10.0 Å². The average molecular weight is 457 g/mol. The lowest BCUT2D eigenvalue weighted by Gasteiger charge is -2.15. The van der Waals surface area contributed by atoms with E-state index < -0.39 is 16.9 Å². The maximum Gasteiger partial charge on any atom is 0.349 e. The number of benzene rings is 1. The first-order chi connectivity index (χ1) is 14.7. The molecular formula is C20H14Cl2N6O3. The minimum absolute atomic E-state index is 0.0483. The lowest BCUT2D eigenvalue weighted by Crippen LogP contribution is -2.33. The topological polar surface area (TPSA) is 118 Å². The molecule has 31 heavy (non-hydrogen) atoms. The highest BCUT2D eigenvalue weighted by molar-refractivity contribution is 6.38. The molecule has 0 fully saturated rings. The Kier molecular flexibility index (Phi) is 5.05. The van der Waals surface area contributed by atoms with Gasteiger partial charge in [-0.1, -0.05) is 23.2 Å². The molecule has 3 heterocycles. The highest BCUT2D eigenvalue weighted by atomic mass is 35.5. The van der Waals surface area contributed by atoms with Crippen molar-refractivity contribution in [3.05, 3.63) is 83.5 Å². The smallest absolute Gasteiger partial charge is 0.312 e. The number of halogens is 2. The summed E-state index contributed by atoms with van der Waals surface area (Å²) >= 11 is 13.0. The number of H-pyrrole nitrogens is 1. The number of hydrogen-bond acceptors (Lipinski definition) is 5. The molecule has 0 aliphatic rings. The number of hydrogen-bond donors (Lipinski definition) is 1. The molecule has 0 atom stereocenters. The standard InChI is InChI=1S/C20H14Cl2N6O3/c1-10(2)27-16-5-6-26(15(16)3-4-17(27)29)18-12(21)7-11(8-13(18)22)28-20(31)24-19(30)14(9-23)25-28/h3-8,10H,1-2H3,(H,24,30,31). The summed E-state index contributed by atoms with van der Waals surface area (Å²) < 4.78 is 4.24. The first-order valence-electron chi connectivity index (χ1n) is 9.09. The van der Waals surface area contributed by atoms with Crippen LogP contribution in [0.5, 0.6) is 0 Å². The van der Waals surface area contributed by atoms with Gasteiger partial charge in [-0.15, -0.1) is 5.10 Å². The van der Waals surface area contributed by atoms with E-state index in [4.69, 9.17) is 28.5 Å². The third kappa shape index (κ3) is 3.36. The number of nitrogens with one attached hydrogen (secondary N) is 1. The molecule has 1 aromatic carbocycles. The first-order valence-corrected chi connectivity index (χ1v) is 9.84. The largest absolute Gasteiger partial charge is 0.349 e. The monoisotopic (exact) mass is 456 g/mol. The van der Waals surface area contributed by atoms with E-state index in [0.29, 0.717) is 5.69 Å². The van der Waals surface area contributed by atoms with Crippen molar-refractivity contribution < 1.29 is 0 Å². The van der Waals surface area contributed by atoms with Gasteiger partial charge >= 0.3 is 5.69 Å². The van der Waals surface area contributed by atoms with Gasteiger partial charge in [0.1, 0.15) is 6.07 Å². The van der Waals surface area contributed by atoms with Crippen LogP contribution in [0.4, 0.5) is 0 Å². The van der Waals surface area contributed by atoms with E-state index in [-0.39, 0.29) is 27.3 Å². The SMILES string of the molecule is CC(C)n1c(=O)ccc2c1ccn2-c1c(Cl)cc(-n2nc(C#N)c(=O)[nH]c2=O)cc1Cl. The third-order valence-electron chi connectivity index (χ3n) is 4.72. The first kappa shape index (κ1) is 20.7. The summed E-state index contributed by atoms with van der Waals surface area (Å²) in [6, 6.07) is 9.42. The summed E-state index contributed by atoms with van der Waals surface area (Å²) in [7, 11) is 0. The summed E-state index contributed by atoms with van der Waals surface area (Å²) in [5.74, 6) is 0. The highest BCUT2D eigenvalue weighted by Gasteiger charge is 2.17. The van der Waals surface area contributed by atoms with Gasteiger partial charge in [-0.05, 0) is 38.1 Å². The maximum atomic E-state index is 12.3. The van der Waals surface area contributed by atoms with E-state index in [9.17, 15) is 14.4 Å². The van der Waals surface area contributed by atoms with Gasteiger partial charge in [-0.25, -0.2) is 4.79 Å². The summed E-state index contributed by atoms with van der Waals surface area (Å²) in [5.41, 5.74) is -0.264. The second-order valence-corrected chi connectivity index (χ2v) is 7.80. The molecule has 3 aromatic heterocycles. The van der Waals surface area contributed by atoms with Gasteiger partial charge in [0.25, 0.3) is 11.1 Å². The minimum Gasteiger partial charge on any atom is -0.312 e. The predicted octanol–water partition coefficient (Wildman–Crippen LogP) is 2.79. The van der Waals surface area contributed by atoms with Gasteiger partial charge in [0.15, 0.2) is 0 Å². The fourth-order valence-electron chi connectivity index (χ4n) is 3.43. The number of aromatic nitrogens is 5. The highest BCUT2D eigenvalue weighted by Crippen LogP contribution is 2.34. The average Bonchev–Trinajstić information content (AvgIpc) is 3.10. The summed E-state index contributed by atoms with van der Waals surface area (Å²) in [6.07, 6.45) is 1.74. The van der Waals surface area contributed by atoms with E-state index >= 15 is 0 Å². The molecule has 156 valence electrons.